The summed E-state index contributed by atoms with van der Waals surface area (Å²) in [5.74, 6) is 0. The molecule has 13 heteroatoms. The number of hydrogen-bond donors (Lipinski definition) is 0. The van der Waals surface area contributed by atoms with Crippen LogP contribution in [-0.4, -0.2) is 0 Å². The molecule has 0 aromatic rings. The molecule has 0 amide bonds. The van der Waals surface area contributed by atoms with Crippen LogP contribution >= 0.6 is 0 Å². The maximum absolute atomic E-state index is 0. The van der Waals surface area contributed by atoms with E-state index in [9.17, 15) is 0 Å². The summed E-state index contributed by atoms with van der Waals surface area (Å²) in [6, 6.07) is 0. The monoisotopic (exact) mass is 927 g/mol. The van der Waals surface area contributed by atoms with Crippen molar-refractivity contribution in [3.63, 3.8) is 0 Å². The molecule has 10 radical (unpaired) electrons. The molecule has 0 aliphatic rings. The summed E-state index contributed by atoms with van der Waals surface area (Å²) < 4.78 is 0. The van der Waals surface area contributed by atoms with E-state index >= 15 is 0 Å². The largest absolute Gasteiger partial charge is 3.00 e. The van der Waals surface area contributed by atoms with E-state index in [1.807, 2.05) is 0 Å². The Balaban J connectivity index is 0. The SMILES string of the molecule is [Cr+3].[Cr+3].[Cr+3].[Cr+3].[Cr+3].[Cr+3].[Cr+3].[Cr+3].[Cr+3].[Cr+3].[H-].[H-].[H-].[H-].[H-].[H-].[H-].[H-].[H-].[H-].[H-].[H-].[H-].[H-].[H-].[H-].[H-].[H-].[H-].[H-].[H-].[H-].[H-].[H-].[H-].[H-].[H-].[I-].[I-].[I-]. The summed E-state index contributed by atoms with van der Waals surface area (Å²) in [5, 5.41) is 0. The van der Waals surface area contributed by atoms with Gasteiger partial charge in [-0.15, -0.1) is 0 Å². The molecule has 0 aliphatic heterocycles. The molecule has 108 valence electrons. The zero-order valence-electron chi connectivity index (χ0n) is 32.2. The summed E-state index contributed by atoms with van der Waals surface area (Å²) in [6.45, 7) is 0. The summed E-state index contributed by atoms with van der Waals surface area (Å²) in [6.07, 6.45) is 0. The Hall–Kier alpha value is 7.51. The molecule has 0 aliphatic carbocycles. The van der Waals surface area contributed by atoms with Crippen LogP contribution in [0.25, 0.3) is 0 Å². The van der Waals surface area contributed by atoms with Crippen molar-refractivity contribution in [3.8, 4) is 0 Å². The molecule has 0 aromatic carbocycles. The predicted molar refractivity (Wildman–Crippen MR) is 30.0 cm³/mol. The fraction of sp³-hybridized carbons (Fsp3) is 0. The first kappa shape index (κ1) is 138. The number of halogens is 3. The van der Waals surface area contributed by atoms with Crippen molar-refractivity contribution >= 4 is 0 Å². The van der Waals surface area contributed by atoms with Crippen LogP contribution in [0.4, 0.5) is 0 Å². The second-order valence-corrected chi connectivity index (χ2v) is 0. The van der Waals surface area contributed by atoms with Gasteiger partial charge in [0.25, 0.3) is 0 Å². The van der Waals surface area contributed by atoms with E-state index in [4.69, 9.17) is 0 Å². The molecule has 13 heavy (non-hydrogen) atoms. The minimum absolute atomic E-state index is 0. The van der Waals surface area contributed by atoms with E-state index in [1.165, 1.54) is 0 Å². The molecular weight excluding hydrogens is 901 g/mol. The van der Waals surface area contributed by atoms with Gasteiger partial charge >= 0.3 is 174 Å². The van der Waals surface area contributed by atoms with Crippen LogP contribution in [0, 0.1) is 0 Å². The Labute approximate surface area is 280 Å². The van der Waals surface area contributed by atoms with Crippen molar-refractivity contribution in [3.05, 3.63) is 0 Å². The number of hydrogen-bond acceptors (Lipinski definition) is 0. The van der Waals surface area contributed by atoms with E-state index < -0.39 is 0 Å². The standard InChI is InChI=1S/10Cr.3HI.27H/h;;;;;;;;;;3*1H;;;;;;;;;;;;;;;;;;;;;;;;;;;/q10*+3;;;;27*-1/p-3. The van der Waals surface area contributed by atoms with Gasteiger partial charge in [-0.2, -0.15) is 0 Å². The first-order valence-corrected chi connectivity index (χ1v) is 0. The molecule has 0 nitrogen and oxygen atoms in total. The Bertz CT molecular complexity index is 46.5. The van der Waals surface area contributed by atoms with Gasteiger partial charge in [0.1, 0.15) is 0 Å². The van der Waals surface area contributed by atoms with Gasteiger partial charge in [-0.05, 0) is 0 Å². The smallest absolute Gasteiger partial charge is 1.00 e. The zero-order chi connectivity index (χ0) is 0. The zero-order valence-corrected chi connectivity index (χ0v) is 24.4. The summed E-state index contributed by atoms with van der Waals surface area (Å²) >= 11 is 0. The van der Waals surface area contributed by atoms with Gasteiger partial charge in [0, 0.05) is 0 Å². The van der Waals surface area contributed by atoms with Gasteiger partial charge in [0.2, 0.25) is 0 Å². The molecule has 0 spiro atoms. The Kier molecular flexibility index (Phi) is 1260. The molecule has 0 unspecified atom stereocenters. The molecule has 0 aromatic heterocycles. The van der Waals surface area contributed by atoms with Gasteiger partial charge in [-0.3, -0.25) is 0 Å². The maximum atomic E-state index is 0. The molecule has 0 fully saturated rings. The first-order chi connectivity index (χ1) is 0. The van der Waals surface area contributed by atoms with Crippen molar-refractivity contribution in [2.24, 2.45) is 0 Å². The van der Waals surface area contributed by atoms with E-state index in [0.29, 0.717) is 0 Å². The van der Waals surface area contributed by atoms with E-state index in [1.54, 1.807) is 0 Å². The fourth-order valence-corrected chi connectivity index (χ4v) is 0. The van der Waals surface area contributed by atoms with Crippen molar-refractivity contribution < 1.29 is 284 Å². The molecule has 0 bridgehead atoms. The van der Waals surface area contributed by atoms with Crippen LogP contribution in [0.2, 0.25) is 0 Å². The average molecular weight is 928 g/mol. The minimum atomic E-state index is 0. The minimum Gasteiger partial charge on any atom is -1.00 e. The van der Waals surface area contributed by atoms with Crippen molar-refractivity contribution in [2.45, 2.75) is 0 Å². The van der Waals surface area contributed by atoms with E-state index in [0.717, 1.165) is 0 Å². The van der Waals surface area contributed by atoms with Crippen LogP contribution in [-0.2, 0) is 174 Å². The van der Waals surface area contributed by atoms with Crippen molar-refractivity contribution in [1.82, 2.24) is 0 Å². The Morgan fingerprint density at radius 1 is 0.231 bits per heavy atom. The van der Waals surface area contributed by atoms with Gasteiger partial charge in [-0.1, -0.05) is 0 Å². The van der Waals surface area contributed by atoms with Crippen LogP contribution in [0.15, 0.2) is 0 Å². The molecule has 0 rings (SSSR count). The Morgan fingerprint density at radius 2 is 0.231 bits per heavy atom. The van der Waals surface area contributed by atoms with Gasteiger partial charge < -0.3 is 110 Å². The molecule has 0 saturated carbocycles. The quantitative estimate of drug-likeness (QED) is 0.213. The van der Waals surface area contributed by atoms with Crippen molar-refractivity contribution in [2.75, 3.05) is 0 Å². The van der Waals surface area contributed by atoms with E-state index in [2.05, 4.69) is 0 Å². The normalized spacial score (nSPS) is 0. The second kappa shape index (κ2) is 118. The maximum Gasteiger partial charge on any atom is 3.00 e. The molecule has 0 N–H and O–H groups in total. The molecule has 0 atom stereocenters. The average Bonchev–Trinajstić information content (AvgIpc) is 0. The van der Waals surface area contributed by atoms with E-state index in [-0.39, 0.29) is 284 Å². The predicted octanol–water partition coefficient (Wildman–Crippen LogP) is -5.98. The fourth-order valence-electron chi connectivity index (χ4n) is 0. The summed E-state index contributed by atoms with van der Waals surface area (Å²) in [5.41, 5.74) is 0. The number of rotatable bonds is 0. The van der Waals surface area contributed by atoms with Crippen LogP contribution < -0.4 is 71.9 Å². The van der Waals surface area contributed by atoms with Crippen LogP contribution in [0.5, 0.6) is 0 Å². The van der Waals surface area contributed by atoms with Gasteiger partial charge in [-0.25, -0.2) is 0 Å². The third-order valence-electron chi connectivity index (χ3n) is 0. The molecular formula is H27Cr10I3. The van der Waals surface area contributed by atoms with Gasteiger partial charge in [0.05, 0.1) is 0 Å². The summed E-state index contributed by atoms with van der Waals surface area (Å²) in [4.78, 5) is 0. The molecule has 0 saturated heterocycles. The van der Waals surface area contributed by atoms with Crippen molar-refractivity contribution in [1.29, 1.82) is 0 Å². The van der Waals surface area contributed by atoms with Crippen LogP contribution in [0.3, 0.4) is 0 Å². The second-order valence-electron chi connectivity index (χ2n) is 0. The topological polar surface area (TPSA) is 0 Å². The van der Waals surface area contributed by atoms with Crippen LogP contribution in [0.1, 0.15) is 38.5 Å². The first-order valence-electron chi connectivity index (χ1n) is 0. The third-order valence-corrected chi connectivity index (χ3v) is 0. The summed E-state index contributed by atoms with van der Waals surface area (Å²) in [7, 11) is 0. The third kappa shape index (κ3) is 106. The van der Waals surface area contributed by atoms with Gasteiger partial charge in [0.15, 0.2) is 0 Å². The molecule has 0 heterocycles. The Morgan fingerprint density at radius 3 is 0.231 bits per heavy atom.